The molecule has 0 amide bonds. The number of fused-ring (bicyclic) bond motifs is 1. The number of hydrogen-bond acceptors (Lipinski definition) is 9. The van der Waals surface area contributed by atoms with E-state index in [-0.39, 0.29) is 34.1 Å². The van der Waals surface area contributed by atoms with Gasteiger partial charge in [0.1, 0.15) is 34.3 Å². The third-order valence-corrected chi connectivity index (χ3v) is 6.90. The fraction of sp³-hybridized carbons (Fsp3) is 0.280. The minimum atomic E-state index is -1.10. The Hall–Kier alpha value is -3.86. The van der Waals surface area contributed by atoms with Crippen LogP contribution in [0.1, 0.15) is 28.3 Å². The van der Waals surface area contributed by atoms with Crippen LogP contribution in [-0.4, -0.2) is 42.3 Å². The molecule has 4 rings (SSSR count). The smallest absolute Gasteiger partial charge is 0.338 e. The van der Waals surface area contributed by atoms with Crippen LogP contribution in [-0.2, 0) is 27.2 Å². The fourth-order valence-electron chi connectivity index (χ4n) is 4.20. The van der Waals surface area contributed by atoms with Gasteiger partial charge in [-0.1, -0.05) is 30.0 Å². The number of pyridine rings is 1. The van der Waals surface area contributed by atoms with Crippen LogP contribution in [0.2, 0.25) is 0 Å². The summed E-state index contributed by atoms with van der Waals surface area (Å²) in [6.45, 7) is 1.57. The van der Waals surface area contributed by atoms with Crippen molar-refractivity contribution in [2.75, 3.05) is 26.5 Å². The maximum absolute atomic E-state index is 14.8. The van der Waals surface area contributed by atoms with Gasteiger partial charge in [-0.2, -0.15) is 10.5 Å². The number of thioether (sulfide) groups is 1. The molecule has 2 aromatic rings. The predicted octanol–water partition coefficient (Wildman–Crippen LogP) is 3.11. The van der Waals surface area contributed by atoms with E-state index in [9.17, 15) is 19.7 Å². The lowest BCUT2D eigenvalue weighted by Crippen LogP contribution is -2.28. The minimum Gasteiger partial charge on any atom is -0.466 e. The Morgan fingerprint density at radius 2 is 2.14 bits per heavy atom. The molecule has 1 aromatic carbocycles. The maximum atomic E-state index is 14.8. The lowest BCUT2D eigenvalue weighted by Gasteiger charge is -2.28. The Kier molecular flexibility index (Phi) is 7.06. The zero-order valence-electron chi connectivity index (χ0n) is 19.2. The third-order valence-electron chi connectivity index (χ3n) is 5.91. The van der Waals surface area contributed by atoms with E-state index < -0.39 is 17.7 Å². The number of benzene rings is 1. The average molecular weight is 492 g/mol. The largest absolute Gasteiger partial charge is 0.466 e. The van der Waals surface area contributed by atoms with Gasteiger partial charge in [0.05, 0.1) is 29.9 Å². The molecule has 0 unspecified atom stereocenters. The standard InChI is InChI=1S/C25H22FN5O3S/c1-31-8-7-19-15(12-31)9-14(10-27)24(30-19)35-13-20-22(25(32)33-2)21(17(11-28)23(29)34-20)16-5-3-4-6-18(16)26/h3-6,9,21H,7-8,12-13,29H2,1-2H3/t21-/m1/s1. The molecule has 1 atom stereocenters. The summed E-state index contributed by atoms with van der Waals surface area (Å²) in [5, 5.41) is 19.9. The van der Waals surface area contributed by atoms with E-state index in [1.165, 1.54) is 37.1 Å². The molecule has 8 nitrogen and oxygen atoms in total. The molecule has 3 heterocycles. The van der Waals surface area contributed by atoms with Crippen molar-refractivity contribution in [3.63, 3.8) is 0 Å². The zero-order chi connectivity index (χ0) is 25.1. The number of methoxy groups -OCH3 is 1. The summed E-state index contributed by atoms with van der Waals surface area (Å²) in [6.07, 6.45) is 0.758. The SMILES string of the molecule is COC(=O)C1=C(CSc2nc3c(cc2C#N)CN(C)CC3)OC(N)=C(C#N)[C@H]1c1ccccc1F. The molecule has 10 heteroatoms. The molecule has 0 radical (unpaired) electrons. The molecule has 35 heavy (non-hydrogen) atoms. The van der Waals surface area contributed by atoms with Crippen LogP contribution in [0.15, 0.2) is 58.1 Å². The molecule has 178 valence electrons. The molecule has 0 saturated heterocycles. The number of hydrogen-bond donors (Lipinski definition) is 1. The second-order valence-corrected chi connectivity index (χ2v) is 9.07. The molecule has 1 aromatic heterocycles. The van der Waals surface area contributed by atoms with Gasteiger partial charge in [0.15, 0.2) is 0 Å². The molecule has 0 saturated carbocycles. The van der Waals surface area contributed by atoms with E-state index in [0.717, 1.165) is 24.2 Å². The molecule has 0 spiro atoms. The number of nitrogens with two attached hydrogens (primary N) is 1. The van der Waals surface area contributed by atoms with Gasteiger partial charge in [-0.05, 0) is 24.7 Å². The van der Waals surface area contributed by atoms with Gasteiger partial charge in [-0.15, -0.1) is 0 Å². The summed E-state index contributed by atoms with van der Waals surface area (Å²) in [5.41, 5.74) is 8.37. The van der Waals surface area contributed by atoms with Crippen molar-refractivity contribution in [2.24, 2.45) is 5.73 Å². The number of nitrogens with zero attached hydrogens (tertiary/aromatic N) is 4. The van der Waals surface area contributed by atoms with Gasteiger partial charge < -0.3 is 20.1 Å². The topological polar surface area (TPSA) is 125 Å². The number of rotatable bonds is 5. The molecule has 0 bridgehead atoms. The van der Waals surface area contributed by atoms with Crippen molar-refractivity contribution >= 4 is 17.7 Å². The van der Waals surface area contributed by atoms with Crippen LogP contribution < -0.4 is 5.73 Å². The number of ether oxygens (including phenoxy) is 2. The molecule has 2 aliphatic heterocycles. The first-order valence-corrected chi connectivity index (χ1v) is 11.7. The van der Waals surface area contributed by atoms with Crippen LogP contribution in [0.5, 0.6) is 0 Å². The zero-order valence-corrected chi connectivity index (χ0v) is 20.0. The highest BCUT2D eigenvalue weighted by Crippen LogP contribution is 2.42. The number of carbonyl (C=O) groups is 1. The van der Waals surface area contributed by atoms with Crippen molar-refractivity contribution in [2.45, 2.75) is 23.9 Å². The fourth-order valence-corrected chi connectivity index (χ4v) is 5.11. The van der Waals surface area contributed by atoms with Crippen molar-refractivity contribution in [3.05, 3.63) is 81.3 Å². The summed E-state index contributed by atoms with van der Waals surface area (Å²) < 4.78 is 25.4. The van der Waals surface area contributed by atoms with E-state index in [1.54, 1.807) is 6.07 Å². The number of carbonyl (C=O) groups excluding carboxylic acids is 1. The van der Waals surface area contributed by atoms with Gasteiger partial charge in [-0.3, -0.25) is 0 Å². The molecule has 0 fully saturated rings. The molecule has 2 N–H and O–H groups in total. The number of halogens is 1. The first-order chi connectivity index (χ1) is 16.9. The molecule has 0 aliphatic carbocycles. The third kappa shape index (κ3) is 4.72. The van der Waals surface area contributed by atoms with Gasteiger partial charge >= 0.3 is 5.97 Å². The average Bonchev–Trinajstić information content (AvgIpc) is 2.86. The molecular weight excluding hydrogens is 469 g/mol. The second kappa shape index (κ2) is 10.2. The van der Waals surface area contributed by atoms with Gasteiger partial charge in [0.2, 0.25) is 5.88 Å². The van der Waals surface area contributed by atoms with E-state index >= 15 is 0 Å². The van der Waals surface area contributed by atoms with Crippen LogP contribution in [0.3, 0.4) is 0 Å². The lowest BCUT2D eigenvalue weighted by atomic mass is 9.83. The van der Waals surface area contributed by atoms with E-state index in [4.69, 9.17) is 20.2 Å². The highest BCUT2D eigenvalue weighted by Gasteiger charge is 2.38. The number of likely N-dealkylation sites (N-methyl/N-ethyl adjacent to an activating group) is 1. The minimum absolute atomic E-state index is 0.0195. The van der Waals surface area contributed by atoms with E-state index in [2.05, 4.69) is 11.0 Å². The van der Waals surface area contributed by atoms with E-state index in [1.807, 2.05) is 19.2 Å². The molecular formula is C25H22FN5O3S. The quantitative estimate of drug-likeness (QED) is 0.496. The van der Waals surface area contributed by atoms with Gasteiger partial charge in [-0.25, -0.2) is 14.2 Å². The van der Waals surface area contributed by atoms with Gasteiger partial charge in [0.25, 0.3) is 0 Å². The summed E-state index contributed by atoms with van der Waals surface area (Å²) >= 11 is 1.20. The Morgan fingerprint density at radius 3 is 2.83 bits per heavy atom. The van der Waals surface area contributed by atoms with Crippen LogP contribution in [0.25, 0.3) is 0 Å². The summed E-state index contributed by atoms with van der Waals surface area (Å²) in [7, 11) is 3.21. The Morgan fingerprint density at radius 1 is 1.37 bits per heavy atom. The molecule has 2 aliphatic rings. The van der Waals surface area contributed by atoms with Crippen LogP contribution in [0.4, 0.5) is 4.39 Å². The first kappa shape index (κ1) is 24.3. The Labute approximate surface area is 206 Å². The Balaban J connectivity index is 1.75. The summed E-state index contributed by atoms with van der Waals surface area (Å²) in [4.78, 5) is 19.7. The normalized spacial score (nSPS) is 17.8. The summed E-state index contributed by atoms with van der Waals surface area (Å²) in [5.74, 6) is -2.49. The van der Waals surface area contributed by atoms with Gasteiger partial charge in [0, 0.05) is 30.8 Å². The number of allylic oxidation sites excluding steroid dienone is 1. The number of aromatic nitrogens is 1. The predicted molar refractivity (Wildman–Crippen MR) is 126 cm³/mol. The van der Waals surface area contributed by atoms with Crippen molar-refractivity contribution in [1.29, 1.82) is 10.5 Å². The highest BCUT2D eigenvalue weighted by molar-refractivity contribution is 7.99. The van der Waals surface area contributed by atoms with Crippen LogP contribution >= 0.6 is 11.8 Å². The Bertz CT molecular complexity index is 1340. The first-order valence-electron chi connectivity index (χ1n) is 10.8. The number of esters is 1. The van der Waals surface area contributed by atoms with Crippen molar-refractivity contribution in [3.8, 4) is 12.1 Å². The monoisotopic (exact) mass is 491 g/mol. The van der Waals surface area contributed by atoms with Crippen molar-refractivity contribution < 1.29 is 18.7 Å². The summed E-state index contributed by atoms with van der Waals surface area (Å²) in [6, 6.07) is 11.8. The van der Waals surface area contributed by atoms with Crippen molar-refractivity contribution in [1.82, 2.24) is 9.88 Å². The van der Waals surface area contributed by atoms with Crippen LogP contribution in [0, 0.1) is 28.5 Å². The maximum Gasteiger partial charge on any atom is 0.338 e. The highest BCUT2D eigenvalue weighted by atomic mass is 32.2. The number of nitriles is 2. The van der Waals surface area contributed by atoms with E-state index in [0.29, 0.717) is 17.1 Å². The second-order valence-electron chi connectivity index (χ2n) is 8.11. The lowest BCUT2D eigenvalue weighted by molar-refractivity contribution is -0.136.